The zero-order valence-corrected chi connectivity index (χ0v) is 20.6. The third-order valence-corrected chi connectivity index (χ3v) is 5.95. The summed E-state index contributed by atoms with van der Waals surface area (Å²) in [4.78, 5) is 5.12. The van der Waals surface area contributed by atoms with Crippen LogP contribution in [0.4, 0.5) is 0 Å². The summed E-state index contributed by atoms with van der Waals surface area (Å²) in [6, 6.07) is 36.1. The molecular weight excluding hydrogens is 426 g/mol. The van der Waals surface area contributed by atoms with Crippen LogP contribution in [0.1, 0.15) is 35.3 Å². The molecular formula is C32H33N3. The van der Waals surface area contributed by atoms with Crippen LogP contribution in [-0.2, 0) is 13.0 Å². The van der Waals surface area contributed by atoms with Crippen molar-refractivity contribution >= 4 is 10.9 Å². The van der Waals surface area contributed by atoms with E-state index in [1.165, 1.54) is 27.6 Å². The van der Waals surface area contributed by atoms with Crippen molar-refractivity contribution < 1.29 is 0 Å². The van der Waals surface area contributed by atoms with Crippen LogP contribution in [0.15, 0.2) is 122 Å². The molecule has 5 aromatic rings. The summed E-state index contributed by atoms with van der Waals surface area (Å²) in [5, 5.41) is 5.02. The van der Waals surface area contributed by atoms with Gasteiger partial charge in [0.25, 0.3) is 0 Å². The van der Waals surface area contributed by atoms with Crippen molar-refractivity contribution in [1.82, 2.24) is 14.9 Å². The Kier molecular flexibility index (Phi) is 8.26. The predicted molar refractivity (Wildman–Crippen MR) is 148 cm³/mol. The van der Waals surface area contributed by atoms with E-state index in [2.05, 4.69) is 133 Å². The Hall–Kier alpha value is -3.95. The van der Waals surface area contributed by atoms with Gasteiger partial charge in [-0.05, 0) is 55.2 Å². The second-order valence-corrected chi connectivity index (χ2v) is 8.64. The molecule has 2 aromatic heterocycles. The largest absolute Gasteiger partial charge is 0.304 e. The summed E-state index contributed by atoms with van der Waals surface area (Å²) < 4.78 is 2.20. The Morgan fingerprint density at radius 1 is 0.829 bits per heavy atom. The molecule has 0 radical (unpaired) electrons. The predicted octanol–water partition coefficient (Wildman–Crippen LogP) is 7.60. The van der Waals surface area contributed by atoms with Gasteiger partial charge in [0, 0.05) is 18.1 Å². The molecule has 0 saturated carbocycles. The molecule has 35 heavy (non-hydrogen) atoms. The lowest BCUT2D eigenvalue weighted by molar-refractivity contribution is 0.518. The molecule has 1 N–H and O–H groups in total. The highest BCUT2D eigenvalue weighted by atomic mass is 15.1. The van der Waals surface area contributed by atoms with E-state index >= 15 is 0 Å². The molecule has 0 saturated heterocycles. The standard InChI is InChI=1S/C29H27N3.C3H6/c1-22-21-32(28-17-9-8-15-25(22)28)29-18-10-16-26(31-29)27(19-23-11-4-2-5-12-23)30-20-24-13-6-3-7-14-24;1-3-2/h2-18,21,27,30H,19-20H2,1H3;3H,1H2,2H3. The summed E-state index contributed by atoms with van der Waals surface area (Å²) in [7, 11) is 0. The van der Waals surface area contributed by atoms with Gasteiger partial charge in [0.1, 0.15) is 5.82 Å². The number of para-hydroxylation sites is 1. The van der Waals surface area contributed by atoms with Gasteiger partial charge in [-0.3, -0.25) is 0 Å². The van der Waals surface area contributed by atoms with Crippen LogP contribution in [0.2, 0.25) is 0 Å². The molecule has 1 unspecified atom stereocenters. The summed E-state index contributed by atoms with van der Waals surface area (Å²) in [6.45, 7) is 8.21. The van der Waals surface area contributed by atoms with E-state index in [0.717, 1.165) is 24.5 Å². The van der Waals surface area contributed by atoms with Crippen molar-refractivity contribution in [3.05, 3.63) is 144 Å². The first-order valence-electron chi connectivity index (χ1n) is 12.1. The topological polar surface area (TPSA) is 29.9 Å². The first-order valence-corrected chi connectivity index (χ1v) is 12.1. The second kappa shape index (κ2) is 12.0. The summed E-state index contributed by atoms with van der Waals surface area (Å²) in [5.74, 6) is 0.950. The molecule has 1 atom stereocenters. The summed E-state index contributed by atoms with van der Waals surface area (Å²) in [5.41, 5.74) is 6.07. The van der Waals surface area contributed by atoms with Crippen molar-refractivity contribution in [1.29, 1.82) is 0 Å². The normalized spacial score (nSPS) is 11.5. The molecule has 0 aliphatic heterocycles. The van der Waals surface area contributed by atoms with Crippen molar-refractivity contribution in [2.24, 2.45) is 0 Å². The van der Waals surface area contributed by atoms with Crippen molar-refractivity contribution in [2.45, 2.75) is 32.9 Å². The number of fused-ring (bicyclic) bond motifs is 1. The number of nitrogens with one attached hydrogen (secondary N) is 1. The molecule has 0 spiro atoms. The number of hydrogen-bond acceptors (Lipinski definition) is 2. The summed E-state index contributed by atoms with van der Waals surface area (Å²) in [6.07, 6.45) is 4.82. The van der Waals surface area contributed by atoms with Crippen LogP contribution in [-0.4, -0.2) is 9.55 Å². The van der Waals surface area contributed by atoms with E-state index < -0.39 is 0 Å². The smallest absolute Gasteiger partial charge is 0.137 e. The lowest BCUT2D eigenvalue weighted by Crippen LogP contribution is -2.24. The molecule has 0 aliphatic carbocycles. The van der Waals surface area contributed by atoms with E-state index in [9.17, 15) is 0 Å². The number of pyridine rings is 1. The van der Waals surface area contributed by atoms with Crippen molar-refractivity contribution in [3.8, 4) is 5.82 Å². The maximum absolute atomic E-state index is 5.12. The van der Waals surface area contributed by atoms with E-state index in [0.29, 0.717) is 0 Å². The van der Waals surface area contributed by atoms with Gasteiger partial charge in [0.05, 0.1) is 17.3 Å². The zero-order valence-electron chi connectivity index (χ0n) is 20.6. The fourth-order valence-corrected chi connectivity index (χ4v) is 4.28. The highest BCUT2D eigenvalue weighted by molar-refractivity contribution is 5.85. The zero-order chi connectivity index (χ0) is 24.5. The molecule has 3 nitrogen and oxygen atoms in total. The van der Waals surface area contributed by atoms with Gasteiger partial charge in [-0.1, -0.05) is 91.0 Å². The van der Waals surface area contributed by atoms with Gasteiger partial charge >= 0.3 is 0 Å². The Balaban J connectivity index is 0.000000917. The van der Waals surface area contributed by atoms with Gasteiger partial charge in [0.15, 0.2) is 0 Å². The first kappa shape index (κ1) is 24.2. The summed E-state index contributed by atoms with van der Waals surface area (Å²) >= 11 is 0. The number of benzene rings is 3. The molecule has 0 fully saturated rings. The van der Waals surface area contributed by atoms with E-state index in [-0.39, 0.29) is 6.04 Å². The highest BCUT2D eigenvalue weighted by Crippen LogP contribution is 2.25. The highest BCUT2D eigenvalue weighted by Gasteiger charge is 2.16. The molecule has 176 valence electrons. The first-order chi connectivity index (χ1) is 17.2. The molecule has 5 rings (SSSR count). The minimum atomic E-state index is 0.112. The van der Waals surface area contributed by atoms with Gasteiger partial charge in [-0.2, -0.15) is 0 Å². The Morgan fingerprint density at radius 3 is 2.17 bits per heavy atom. The Morgan fingerprint density at radius 2 is 1.46 bits per heavy atom. The van der Waals surface area contributed by atoms with E-state index in [4.69, 9.17) is 4.98 Å². The molecule has 0 aliphatic rings. The van der Waals surface area contributed by atoms with Crippen molar-refractivity contribution in [3.63, 3.8) is 0 Å². The average Bonchev–Trinajstić information content (AvgIpc) is 3.25. The maximum atomic E-state index is 5.12. The third-order valence-electron chi connectivity index (χ3n) is 5.95. The maximum Gasteiger partial charge on any atom is 0.137 e. The molecule has 3 aromatic carbocycles. The van der Waals surface area contributed by atoms with Gasteiger partial charge < -0.3 is 9.88 Å². The number of nitrogens with zero attached hydrogens (tertiary/aromatic N) is 2. The monoisotopic (exact) mass is 459 g/mol. The van der Waals surface area contributed by atoms with Crippen LogP contribution >= 0.6 is 0 Å². The minimum absolute atomic E-state index is 0.112. The lowest BCUT2D eigenvalue weighted by Gasteiger charge is -2.20. The minimum Gasteiger partial charge on any atom is -0.304 e. The number of aromatic nitrogens is 2. The molecule has 0 bridgehead atoms. The van der Waals surface area contributed by atoms with Gasteiger partial charge in [-0.25, -0.2) is 4.98 Å². The van der Waals surface area contributed by atoms with Crippen LogP contribution in [0.3, 0.4) is 0 Å². The fraction of sp³-hybridized carbons (Fsp3) is 0.156. The molecule has 0 amide bonds. The van der Waals surface area contributed by atoms with Crippen LogP contribution in [0, 0.1) is 6.92 Å². The lowest BCUT2D eigenvalue weighted by atomic mass is 10.0. The van der Waals surface area contributed by atoms with Crippen LogP contribution in [0.5, 0.6) is 0 Å². The number of rotatable bonds is 7. The van der Waals surface area contributed by atoms with Crippen molar-refractivity contribution in [2.75, 3.05) is 0 Å². The Bertz CT molecular complexity index is 1350. The second-order valence-electron chi connectivity index (χ2n) is 8.64. The van der Waals surface area contributed by atoms with Gasteiger partial charge in [0.2, 0.25) is 0 Å². The van der Waals surface area contributed by atoms with Gasteiger partial charge in [-0.15, -0.1) is 6.58 Å². The number of allylic oxidation sites excluding steroid dienone is 1. The van der Waals surface area contributed by atoms with Crippen LogP contribution in [0.25, 0.3) is 16.7 Å². The number of aryl methyl sites for hydroxylation is 1. The van der Waals surface area contributed by atoms with E-state index in [1.54, 1.807) is 6.08 Å². The molecule has 2 heterocycles. The average molecular weight is 460 g/mol. The quantitative estimate of drug-likeness (QED) is 0.254. The van der Waals surface area contributed by atoms with Crippen LogP contribution < -0.4 is 5.32 Å². The van der Waals surface area contributed by atoms with E-state index in [1.807, 2.05) is 6.92 Å². The third kappa shape index (κ3) is 6.14. The Labute approximate surface area is 208 Å². The number of hydrogen-bond donors (Lipinski definition) is 1. The molecule has 3 heteroatoms. The fourth-order valence-electron chi connectivity index (χ4n) is 4.28. The SMILES string of the molecule is C=CC.Cc1cn(-c2cccc(C(Cc3ccccc3)NCc3ccccc3)n2)c2ccccc12.